The molecule has 0 aliphatic heterocycles. The van der Waals surface area contributed by atoms with Crippen molar-refractivity contribution in [1.29, 1.82) is 0 Å². The van der Waals surface area contributed by atoms with E-state index in [1.807, 2.05) is 58.0 Å². The van der Waals surface area contributed by atoms with Gasteiger partial charge in [0.15, 0.2) is 0 Å². The zero-order valence-electron chi connectivity index (χ0n) is 23.1. The Morgan fingerprint density at radius 2 is 1.64 bits per heavy atom. The summed E-state index contributed by atoms with van der Waals surface area (Å²) >= 11 is 3.46. The van der Waals surface area contributed by atoms with E-state index in [2.05, 4.69) is 21.2 Å². The molecule has 208 valence electrons. The summed E-state index contributed by atoms with van der Waals surface area (Å²) in [5, 5.41) is 2.85. The summed E-state index contributed by atoms with van der Waals surface area (Å²) in [6.45, 7) is 9.41. The molecule has 0 saturated carbocycles. The number of aryl methyl sites for hydroxylation is 2. The number of carbonyl (C=O) groups is 2. The molecule has 9 heteroatoms. The van der Waals surface area contributed by atoms with Crippen LogP contribution in [-0.2, 0) is 26.2 Å². The van der Waals surface area contributed by atoms with E-state index < -0.39 is 28.5 Å². The second-order valence-electron chi connectivity index (χ2n) is 9.66. The molecule has 0 fully saturated rings. The fourth-order valence-electron chi connectivity index (χ4n) is 4.17. The average Bonchev–Trinajstić information content (AvgIpc) is 2.90. The van der Waals surface area contributed by atoms with Crippen LogP contribution in [0.5, 0.6) is 0 Å². The smallest absolute Gasteiger partial charge is 0.264 e. The van der Waals surface area contributed by atoms with E-state index in [0.717, 1.165) is 37.5 Å². The van der Waals surface area contributed by atoms with Crippen LogP contribution < -0.4 is 9.62 Å². The summed E-state index contributed by atoms with van der Waals surface area (Å²) < 4.78 is 30.0. The van der Waals surface area contributed by atoms with E-state index in [0.29, 0.717) is 12.2 Å². The highest BCUT2D eigenvalue weighted by Crippen LogP contribution is 2.29. The van der Waals surface area contributed by atoms with Gasteiger partial charge in [-0.05, 0) is 81.1 Å². The molecule has 0 spiro atoms. The number of benzene rings is 3. The maximum atomic E-state index is 14.0. The van der Waals surface area contributed by atoms with Crippen LogP contribution in [-0.4, -0.2) is 44.3 Å². The Bertz CT molecular complexity index is 1420. The van der Waals surface area contributed by atoms with Gasteiger partial charge < -0.3 is 10.2 Å². The number of nitrogens with zero attached hydrogens (tertiary/aromatic N) is 2. The van der Waals surface area contributed by atoms with E-state index in [1.165, 1.54) is 4.90 Å². The van der Waals surface area contributed by atoms with Crippen LogP contribution in [0.3, 0.4) is 0 Å². The van der Waals surface area contributed by atoms with Crippen LogP contribution >= 0.6 is 15.9 Å². The molecule has 3 aromatic carbocycles. The summed E-state index contributed by atoms with van der Waals surface area (Å²) in [6, 6.07) is 18.6. The minimum absolute atomic E-state index is 0.0917. The summed E-state index contributed by atoms with van der Waals surface area (Å²) in [7, 11) is -4.10. The van der Waals surface area contributed by atoms with Gasteiger partial charge in [-0.15, -0.1) is 0 Å². The fraction of sp³-hybridized carbons (Fsp3) is 0.333. The fourth-order valence-corrected chi connectivity index (χ4v) is 6.09. The van der Waals surface area contributed by atoms with Crippen LogP contribution in [0.15, 0.2) is 76.1 Å². The van der Waals surface area contributed by atoms with Gasteiger partial charge in [-0.1, -0.05) is 64.8 Å². The third-order valence-corrected chi connectivity index (χ3v) is 8.96. The highest BCUT2D eigenvalue weighted by atomic mass is 79.9. The molecule has 1 unspecified atom stereocenters. The molecule has 0 heterocycles. The van der Waals surface area contributed by atoms with E-state index in [4.69, 9.17) is 0 Å². The molecule has 39 heavy (non-hydrogen) atoms. The molecule has 0 aliphatic rings. The van der Waals surface area contributed by atoms with Crippen molar-refractivity contribution >= 4 is 43.5 Å². The first kappa shape index (κ1) is 30.4. The van der Waals surface area contributed by atoms with Gasteiger partial charge in [-0.3, -0.25) is 13.9 Å². The first-order chi connectivity index (χ1) is 18.4. The molecule has 0 aliphatic carbocycles. The molecule has 1 atom stereocenters. The zero-order chi connectivity index (χ0) is 28.7. The topological polar surface area (TPSA) is 86.8 Å². The average molecular weight is 615 g/mol. The molecule has 3 aromatic rings. The molecule has 2 amide bonds. The number of nitrogens with one attached hydrogen (secondary N) is 1. The predicted octanol–water partition coefficient (Wildman–Crippen LogP) is 5.51. The van der Waals surface area contributed by atoms with Gasteiger partial charge in [-0.2, -0.15) is 0 Å². The highest BCUT2D eigenvalue weighted by molar-refractivity contribution is 9.10. The quantitative estimate of drug-likeness (QED) is 0.309. The SMILES string of the molecule is CCCNC(=O)C(C)N(Cc1cccc(Br)c1)C(=O)CN(c1cccc(C)c1C)S(=O)(=O)c1ccc(C)cc1. The molecule has 0 saturated heterocycles. The van der Waals surface area contributed by atoms with E-state index in [1.54, 1.807) is 43.3 Å². The van der Waals surface area contributed by atoms with E-state index >= 15 is 0 Å². The number of amides is 2. The lowest BCUT2D eigenvalue weighted by Gasteiger charge is -2.32. The van der Waals surface area contributed by atoms with Crippen LogP contribution in [0.2, 0.25) is 0 Å². The molecule has 0 radical (unpaired) electrons. The number of carbonyl (C=O) groups excluding carboxylic acids is 2. The summed E-state index contributed by atoms with van der Waals surface area (Å²) in [6.07, 6.45) is 0.757. The third-order valence-electron chi connectivity index (χ3n) is 6.69. The van der Waals surface area contributed by atoms with Crippen molar-refractivity contribution in [3.05, 3.63) is 93.5 Å². The zero-order valence-corrected chi connectivity index (χ0v) is 25.5. The van der Waals surface area contributed by atoms with E-state index in [-0.39, 0.29) is 17.3 Å². The Hall–Kier alpha value is -3.17. The molecule has 3 rings (SSSR count). The molecular formula is C30H36BrN3O4S. The Labute approximate surface area is 240 Å². The predicted molar refractivity (Wildman–Crippen MR) is 159 cm³/mol. The van der Waals surface area contributed by atoms with Crippen molar-refractivity contribution in [1.82, 2.24) is 10.2 Å². The van der Waals surface area contributed by atoms with Crippen molar-refractivity contribution < 1.29 is 18.0 Å². The maximum absolute atomic E-state index is 14.0. The number of hydrogen-bond acceptors (Lipinski definition) is 4. The third kappa shape index (κ3) is 7.48. The summed E-state index contributed by atoms with van der Waals surface area (Å²) in [4.78, 5) is 28.5. The normalized spacial score (nSPS) is 12.1. The Morgan fingerprint density at radius 3 is 2.28 bits per heavy atom. The van der Waals surface area contributed by atoms with Crippen molar-refractivity contribution in [2.24, 2.45) is 0 Å². The van der Waals surface area contributed by atoms with Gasteiger partial charge in [0, 0.05) is 17.6 Å². The second kappa shape index (κ2) is 13.3. The summed E-state index contributed by atoms with van der Waals surface area (Å²) in [5.41, 5.74) is 3.83. The van der Waals surface area contributed by atoms with Crippen molar-refractivity contribution in [3.8, 4) is 0 Å². The van der Waals surface area contributed by atoms with Crippen LogP contribution in [0.25, 0.3) is 0 Å². The van der Waals surface area contributed by atoms with Gasteiger partial charge in [-0.25, -0.2) is 8.42 Å². The van der Waals surface area contributed by atoms with Gasteiger partial charge in [0.25, 0.3) is 10.0 Å². The van der Waals surface area contributed by atoms with Crippen molar-refractivity contribution in [2.45, 2.75) is 58.5 Å². The van der Waals surface area contributed by atoms with Crippen LogP contribution in [0.1, 0.15) is 42.5 Å². The monoisotopic (exact) mass is 613 g/mol. The second-order valence-corrected chi connectivity index (χ2v) is 12.4. The van der Waals surface area contributed by atoms with Gasteiger partial charge in [0.2, 0.25) is 11.8 Å². The molecule has 0 aromatic heterocycles. The number of sulfonamides is 1. The molecule has 7 nitrogen and oxygen atoms in total. The van der Waals surface area contributed by atoms with E-state index in [9.17, 15) is 18.0 Å². The molecule has 0 bridgehead atoms. The Kier molecular flexibility index (Phi) is 10.3. The van der Waals surface area contributed by atoms with Crippen LogP contribution in [0.4, 0.5) is 5.69 Å². The van der Waals surface area contributed by atoms with Gasteiger partial charge in [0.1, 0.15) is 12.6 Å². The lowest BCUT2D eigenvalue weighted by molar-refractivity contribution is -0.139. The summed E-state index contributed by atoms with van der Waals surface area (Å²) in [5.74, 6) is -0.773. The highest BCUT2D eigenvalue weighted by Gasteiger charge is 2.33. The van der Waals surface area contributed by atoms with Gasteiger partial charge >= 0.3 is 0 Å². The number of halogens is 1. The minimum atomic E-state index is -4.10. The lowest BCUT2D eigenvalue weighted by Crippen LogP contribution is -2.51. The molecule has 1 N–H and O–H groups in total. The Balaban J connectivity index is 2.06. The molecular weight excluding hydrogens is 578 g/mol. The standard InChI is InChI=1S/C30H36BrN3O4S/c1-6-17-32-30(36)24(5)33(19-25-10-8-11-26(31)18-25)29(35)20-34(28-12-7-9-22(3)23(28)4)39(37,38)27-15-13-21(2)14-16-27/h7-16,18,24H,6,17,19-20H2,1-5H3,(H,32,36). The van der Waals surface area contributed by atoms with Crippen molar-refractivity contribution in [3.63, 3.8) is 0 Å². The first-order valence-electron chi connectivity index (χ1n) is 12.9. The first-order valence-corrected chi connectivity index (χ1v) is 15.2. The lowest BCUT2D eigenvalue weighted by atomic mass is 10.1. The van der Waals surface area contributed by atoms with Gasteiger partial charge in [0.05, 0.1) is 10.6 Å². The van der Waals surface area contributed by atoms with Crippen LogP contribution in [0, 0.1) is 20.8 Å². The Morgan fingerprint density at radius 1 is 0.974 bits per heavy atom. The van der Waals surface area contributed by atoms with Crippen molar-refractivity contribution in [2.75, 3.05) is 17.4 Å². The minimum Gasteiger partial charge on any atom is -0.354 e. The maximum Gasteiger partial charge on any atom is 0.264 e. The largest absolute Gasteiger partial charge is 0.354 e. The number of hydrogen-bond donors (Lipinski definition) is 1. The number of anilines is 1. The number of rotatable bonds is 11.